The standard InChI is InChI=1S/C13H15BrClFO/c14-12-7-11(16)2-1-10(12)8-13(9-15)3-5-17-6-4-13/h1-2,7H,3-6,8-9H2. The van der Waals surface area contributed by atoms with Gasteiger partial charge >= 0.3 is 0 Å². The molecule has 17 heavy (non-hydrogen) atoms. The summed E-state index contributed by atoms with van der Waals surface area (Å²) in [5, 5.41) is 0. The number of halogens is 3. The number of ether oxygens (including phenoxy) is 1. The molecule has 1 heterocycles. The summed E-state index contributed by atoms with van der Waals surface area (Å²) < 4.78 is 19.2. The minimum Gasteiger partial charge on any atom is -0.381 e. The van der Waals surface area contributed by atoms with E-state index in [0.717, 1.165) is 42.5 Å². The molecule has 0 saturated carbocycles. The predicted molar refractivity (Wildman–Crippen MR) is 71.0 cm³/mol. The lowest BCUT2D eigenvalue weighted by atomic mass is 9.77. The second kappa shape index (κ2) is 5.68. The Morgan fingerprint density at radius 1 is 1.35 bits per heavy atom. The fourth-order valence-corrected chi connectivity index (χ4v) is 3.08. The summed E-state index contributed by atoms with van der Waals surface area (Å²) in [6.45, 7) is 1.54. The lowest BCUT2D eigenvalue weighted by molar-refractivity contribution is 0.0257. The Morgan fingerprint density at radius 3 is 2.65 bits per heavy atom. The fourth-order valence-electron chi connectivity index (χ4n) is 2.23. The summed E-state index contributed by atoms with van der Waals surface area (Å²) in [5.74, 6) is 0.410. The van der Waals surface area contributed by atoms with Crippen LogP contribution >= 0.6 is 27.5 Å². The third-order valence-corrected chi connectivity index (χ3v) is 4.72. The number of hydrogen-bond donors (Lipinski definition) is 0. The Morgan fingerprint density at radius 2 is 2.06 bits per heavy atom. The van der Waals surface area contributed by atoms with Crippen LogP contribution in [0, 0.1) is 11.2 Å². The van der Waals surface area contributed by atoms with Crippen molar-refractivity contribution < 1.29 is 9.13 Å². The zero-order chi connectivity index (χ0) is 12.3. The van der Waals surface area contributed by atoms with Gasteiger partial charge in [-0.1, -0.05) is 22.0 Å². The molecular formula is C13H15BrClFO. The van der Waals surface area contributed by atoms with Crippen LogP contribution in [0.1, 0.15) is 18.4 Å². The highest BCUT2D eigenvalue weighted by atomic mass is 79.9. The molecular weight excluding hydrogens is 306 g/mol. The van der Waals surface area contributed by atoms with Crippen LogP contribution in [-0.2, 0) is 11.2 Å². The molecule has 1 saturated heterocycles. The molecule has 0 bridgehead atoms. The molecule has 94 valence electrons. The van der Waals surface area contributed by atoms with E-state index in [4.69, 9.17) is 16.3 Å². The molecule has 0 aliphatic carbocycles. The molecule has 1 aromatic carbocycles. The van der Waals surface area contributed by atoms with Crippen molar-refractivity contribution in [2.75, 3.05) is 19.1 Å². The van der Waals surface area contributed by atoms with Crippen molar-refractivity contribution in [2.24, 2.45) is 5.41 Å². The second-order valence-electron chi connectivity index (χ2n) is 4.66. The van der Waals surface area contributed by atoms with Gasteiger partial charge in [0.1, 0.15) is 5.82 Å². The quantitative estimate of drug-likeness (QED) is 0.759. The number of hydrogen-bond acceptors (Lipinski definition) is 1. The molecule has 1 fully saturated rings. The van der Waals surface area contributed by atoms with Crippen LogP contribution in [0.4, 0.5) is 4.39 Å². The second-order valence-corrected chi connectivity index (χ2v) is 5.78. The van der Waals surface area contributed by atoms with Crippen LogP contribution in [0.15, 0.2) is 22.7 Å². The van der Waals surface area contributed by atoms with Crippen LogP contribution in [0.3, 0.4) is 0 Å². The molecule has 1 aliphatic rings. The molecule has 1 aliphatic heterocycles. The minimum absolute atomic E-state index is 0.0974. The van der Waals surface area contributed by atoms with E-state index in [1.54, 1.807) is 0 Å². The van der Waals surface area contributed by atoms with Gasteiger partial charge in [-0.3, -0.25) is 0 Å². The van der Waals surface area contributed by atoms with E-state index >= 15 is 0 Å². The number of rotatable bonds is 3. The fraction of sp³-hybridized carbons (Fsp3) is 0.538. The van der Waals surface area contributed by atoms with E-state index in [1.165, 1.54) is 12.1 Å². The van der Waals surface area contributed by atoms with Gasteiger partial charge in [0.05, 0.1) is 0 Å². The van der Waals surface area contributed by atoms with E-state index in [0.29, 0.717) is 5.88 Å². The van der Waals surface area contributed by atoms with Crippen LogP contribution in [0.25, 0.3) is 0 Å². The highest BCUT2D eigenvalue weighted by molar-refractivity contribution is 9.10. The van der Waals surface area contributed by atoms with Gasteiger partial charge < -0.3 is 4.74 Å². The lowest BCUT2D eigenvalue weighted by Gasteiger charge is -2.35. The third kappa shape index (κ3) is 3.21. The van der Waals surface area contributed by atoms with Crippen molar-refractivity contribution in [3.63, 3.8) is 0 Å². The first-order chi connectivity index (χ1) is 8.15. The third-order valence-electron chi connectivity index (χ3n) is 3.42. The zero-order valence-corrected chi connectivity index (χ0v) is 11.9. The van der Waals surface area contributed by atoms with Gasteiger partial charge in [0, 0.05) is 23.6 Å². The topological polar surface area (TPSA) is 9.23 Å². The Hall–Kier alpha value is -0.120. The average Bonchev–Trinajstić information content (AvgIpc) is 2.34. The first kappa shape index (κ1) is 13.3. The average molecular weight is 322 g/mol. The van der Waals surface area contributed by atoms with E-state index in [9.17, 15) is 4.39 Å². The molecule has 0 atom stereocenters. The number of alkyl halides is 1. The lowest BCUT2D eigenvalue weighted by Crippen LogP contribution is -2.33. The summed E-state index contributed by atoms with van der Waals surface area (Å²) in [6.07, 6.45) is 2.82. The zero-order valence-electron chi connectivity index (χ0n) is 9.52. The first-order valence-electron chi connectivity index (χ1n) is 5.73. The molecule has 0 amide bonds. The van der Waals surface area contributed by atoms with Crippen molar-refractivity contribution in [1.29, 1.82) is 0 Å². The van der Waals surface area contributed by atoms with E-state index in [-0.39, 0.29) is 11.2 Å². The Balaban J connectivity index is 2.17. The van der Waals surface area contributed by atoms with Crippen molar-refractivity contribution >= 4 is 27.5 Å². The van der Waals surface area contributed by atoms with Gasteiger partial charge in [-0.15, -0.1) is 11.6 Å². The maximum absolute atomic E-state index is 13.0. The monoisotopic (exact) mass is 320 g/mol. The van der Waals surface area contributed by atoms with Gasteiger partial charge in [0.2, 0.25) is 0 Å². The smallest absolute Gasteiger partial charge is 0.124 e. The molecule has 1 aromatic rings. The van der Waals surface area contributed by atoms with Crippen molar-refractivity contribution in [3.8, 4) is 0 Å². The van der Waals surface area contributed by atoms with Crippen LogP contribution in [-0.4, -0.2) is 19.1 Å². The molecule has 0 aromatic heterocycles. The van der Waals surface area contributed by atoms with Gasteiger partial charge in [0.25, 0.3) is 0 Å². The molecule has 1 nitrogen and oxygen atoms in total. The summed E-state index contributed by atoms with van der Waals surface area (Å²) in [7, 11) is 0. The first-order valence-corrected chi connectivity index (χ1v) is 7.06. The highest BCUT2D eigenvalue weighted by Gasteiger charge is 2.32. The number of benzene rings is 1. The molecule has 0 N–H and O–H groups in total. The van der Waals surface area contributed by atoms with Gasteiger partial charge in [-0.2, -0.15) is 0 Å². The van der Waals surface area contributed by atoms with E-state index in [1.807, 2.05) is 6.07 Å². The summed E-state index contributed by atoms with van der Waals surface area (Å²) in [4.78, 5) is 0. The van der Waals surface area contributed by atoms with Crippen LogP contribution in [0.5, 0.6) is 0 Å². The van der Waals surface area contributed by atoms with Crippen LogP contribution in [0.2, 0.25) is 0 Å². The minimum atomic E-state index is -0.215. The maximum atomic E-state index is 13.0. The largest absolute Gasteiger partial charge is 0.381 e. The maximum Gasteiger partial charge on any atom is 0.124 e. The Kier molecular flexibility index (Phi) is 4.45. The molecule has 2 rings (SSSR count). The van der Waals surface area contributed by atoms with Crippen molar-refractivity contribution in [1.82, 2.24) is 0 Å². The molecule has 0 unspecified atom stereocenters. The van der Waals surface area contributed by atoms with Gasteiger partial charge in [-0.05, 0) is 42.4 Å². The SMILES string of the molecule is Fc1ccc(CC2(CCl)CCOCC2)c(Br)c1. The van der Waals surface area contributed by atoms with Crippen LogP contribution < -0.4 is 0 Å². The summed E-state index contributed by atoms with van der Waals surface area (Å²) in [6, 6.07) is 4.85. The van der Waals surface area contributed by atoms with Gasteiger partial charge in [0.15, 0.2) is 0 Å². The normalized spacial score (nSPS) is 19.2. The van der Waals surface area contributed by atoms with Crippen molar-refractivity contribution in [2.45, 2.75) is 19.3 Å². The summed E-state index contributed by atoms with van der Waals surface area (Å²) >= 11 is 9.54. The molecule has 4 heteroatoms. The Labute approximate surface area is 114 Å². The highest BCUT2D eigenvalue weighted by Crippen LogP contribution is 2.37. The van der Waals surface area contributed by atoms with E-state index < -0.39 is 0 Å². The van der Waals surface area contributed by atoms with Gasteiger partial charge in [-0.25, -0.2) is 4.39 Å². The summed E-state index contributed by atoms with van der Waals surface area (Å²) in [5.41, 5.74) is 1.22. The molecule has 0 radical (unpaired) electrons. The molecule has 0 spiro atoms. The Bertz CT molecular complexity index is 391. The van der Waals surface area contributed by atoms with E-state index in [2.05, 4.69) is 15.9 Å². The van der Waals surface area contributed by atoms with Crippen molar-refractivity contribution in [3.05, 3.63) is 34.1 Å². The predicted octanol–water partition coefficient (Wildman–Crippen LogP) is 4.17.